The van der Waals surface area contributed by atoms with Crippen molar-refractivity contribution in [2.45, 2.75) is 37.4 Å². The van der Waals surface area contributed by atoms with E-state index < -0.39 is 33.9 Å². The van der Waals surface area contributed by atoms with Crippen LogP contribution in [-0.4, -0.2) is 37.4 Å². The number of para-hydroxylation sites is 1. The van der Waals surface area contributed by atoms with Gasteiger partial charge in [0, 0.05) is 0 Å². The lowest BCUT2D eigenvalue weighted by Gasteiger charge is -2.35. The predicted molar refractivity (Wildman–Crippen MR) is 76.9 cm³/mol. The topological polar surface area (TPSA) is 113 Å². The van der Waals surface area contributed by atoms with Gasteiger partial charge in [-0.15, -0.1) is 0 Å². The van der Waals surface area contributed by atoms with Crippen LogP contribution in [0.1, 0.15) is 20.8 Å². The van der Waals surface area contributed by atoms with Crippen molar-refractivity contribution in [3.63, 3.8) is 0 Å². The Morgan fingerprint density at radius 1 is 1.27 bits per heavy atom. The summed E-state index contributed by atoms with van der Waals surface area (Å²) in [5.41, 5.74) is -0.895. The van der Waals surface area contributed by atoms with Crippen LogP contribution in [0.3, 0.4) is 0 Å². The molecule has 0 saturated heterocycles. The van der Waals surface area contributed by atoms with E-state index in [1.165, 1.54) is 24.3 Å². The van der Waals surface area contributed by atoms with Gasteiger partial charge in [-0.1, -0.05) is 12.1 Å². The lowest BCUT2D eigenvalue weighted by Crippen LogP contribution is -2.59. The van der Waals surface area contributed by atoms with Gasteiger partial charge in [-0.3, -0.25) is 0 Å². The van der Waals surface area contributed by atoms with E-state index >= 15 is 0 Å². The molecule has 1 unspecified atom stereocenters. The third-order valence-corrected chi connectivity index (χ3v) is 4.22. The maximum atomic E-state index is 12.3. The number of fused-ring (bicyclic) bond motifs is 1. The molecule has 1 aromatic rings. The quantitative estimate of drug-likeness (QED) is 0.799. The molecule has 0 aromatic heterocycles. The molecule has 2 N–H and O–H groups in total. The van der Waals surface area contributed by atoms with Crippen LogP contribution in [0.5, 0.6) is 0 Å². The molecule has 120 valence electrons. The Labute approximate surface area is 127 Å². The summed E-state index contributed by atoms with van der Waals surface area (Å²) < 4.78 is 31.3. The van der Waals surface area contributed by atoms with Crippen molar-refractivity contribution in [2.75, 3.05) is 4.90 Å². The molecule has 1 amide bonds. The SMILES string of the molecule is CC(C)(C)OC(=O)N1c2ccccc2S(=O)(=O)NC1C(=O)O. The first kappa shape index (κ1) is 16.2. The summed E-state index contributed by atoms with van der Waals surface area (Å²) in [6.45, 7) is 4.88. The molecule has 1 aliphatic heterocycles. The summed E-state index contributed by atoms with van der Waals surface area (Å²) in [4.78, 5) is 24.3. The molecule has 0 fully saturated rings. The predicted octanol–water partition coefficient (Wildman–Crippen LogP) is 1.13. The highest BCUT2D eigenvalue weighted by Gasteiger charge is 2.43. The van der Waals surface area contributed by atoms with Gasteiger partial charge in [0.15, 0.2) is 0 Å². The molecule has 1 atom stereocenters. The summed E-state index contributed by atoms with van der Waals surface area (Å²) in [5.74, 6) is -1.51. The number of hydrogen-bond donors (Lipinski definition) is 2. The molecule has 22 heavy (non-hydrogen) atoms. The first-order valence-corrected chi connectivity index (χ1v) is 7.87. The number of carboxylic acids is 1. The zero-order chi connectivity index (χ0) is 16.7. The van der Waals surface area contributed by atoms with Gasteiger partial charge in [-0.05, 0) is 32.9 Å². The molecule has 0 aliphatic carbocycles. The van der Waals surface area contributed by atoms with Gasteiger partial charge in [-0.25, -0.2) is 22.9 Å². The van der Waals surface area contributed by atoms with E-state index in [-0.39, 0.29) is 10.6 Å². The van der Waals surface area contributed by atoms with Gasteiger partial charge in [0.25, 0.3) is 0 Å². The number of nitrogens with zero attached hydrogens (tertiary/aromatic N) is 1. The van der Waals surface area contributed by atoms with Crippen LogP contribution >= 0.6 is 0 Å². The maximum Gasteiger partial charge on any atom is 0.416 e. The molecular formula is C13H16N2O6S. The van der Waals surface area contributed by atoms with Crippen LogP contribution in [0.15, 0.2) is 29.2 Å². The molecule has 2 rings (SSSR count). The van der Waals surface area contributed by atoms with Crippen LogP contribution in [0.25, 0.3) is 0 Å². The van der Waals surface area contributed by atoms with Gasteiger partial charge >= 0.3 is 12.1 Å². The van der Waals surface area contributed by atoms with Crippen molar-refractivity contribution in [1.82, 2.24) is 4.72 Å². The number of nitrogens with one attached hydrogen (secondary N) is 1. The average Bonchev–Trinajstić information content (AvgIpc) is 2.35. The molecule has 8 nitrogen and oxygen atoms in total. The van der Waals surface area contributed by atoms with Crippen molar-refractivity contribution in [3.05, 3.63) is 24.3 Å². The van der Waals surface area contributed by atoms with Crippen molar-refractivity contribution < 1.29 is 27.9 Å². The Kier molecular flexibility index (Phi) is 3.88. The van der Waals surface area contributed by atoms with Gasteiger partial charge < -0.3 is 9.84 Å². The summed E-state index contributed by atoms with van der Waals surface area (Å²) in [7, 11) is -4.03. The molecule has 0 spiro atoms. The number of amides is 1. The van der Waals surface area contributed by atoms with E-state index in [1.54, 1.807) is 20.8 Å². The van der Waals surface area contributed by atoms with E-state index in [2.05, 4.69) is 0 Å². The summed E-state index contributed by atoms with van der Waals surface area (Å²) >= 11 is 0. The second-order valence-corrected chi connectivity index (χ2v) is 7.36. The molecule has 0 bridgehead atoms. The smallest absolute Gasteiger partial charge is 0.416 e. The number of carboxylic acid groups (broad SMARTS) is 1. The van der Waals surface area contributed by atoms with Crippen LogP contribution in [0.4, 0.5) is 10.5 Å². The third-order valence-electron chi connectivity index (χ3n) is 2.76. The normalized spacial score (nSPS) is 20.1. The molecule has 1 aliphatic rings. The Hall–Kier alpha value is -2.13. The van der Waals surface area contributed by atoms with Gasteiger partial charge in [0.1, 0.15) is 10.5 Å². The number of hydrogen-bond acceptors (Lipinski definition) is 5. The van der Waals surface area contributed by atoms with Crippen molar-refractivity contribution in [2.24, 2.45) is 0 Å². The summed E-state index contributed by atoms with van der Waals surface area (Å²) in [5, 5.41) is 9.24. The lowest BCUT2D eigenvalue weighted by molar-refractivity contribution is -0.139. The maximum absolute atomic E-state index is 12.3. The Bertz CT molecular complexity index is 722. The Balaban J connectivity index is 2.57. The van der Waals surface area contributed by atoms with Gasteiger partial charge in [-0.2, -0.15) is 4.72 Å². The number of carbonyl (C=O) groups excluding carboxylic acids is 1. The van der Waals surface area contributed by atoms with Crippen LogP contribution in [0.2, 0.25) is 0 Å². The molecule has 1 aromatic carbocycles. The number of aliphatic carboxylic acids is 1. The molecule has 0 saturated carbocycles. The number of benzene rings is 1. The summed E-state index contributed by atoms with van der Waals surface area (Å²) in [6, 6.07) is 5.63. The molecule has 1 heterocycles. The second kappa shape index (κ2) is 5.25. The zero-order valence-electron chi connectivity index (χ0n) is 12.2. The number of rotatable bonds is 1. The zero-order valence-corrected chi connectivity index (χ0v) is 13.0. The highest BCUT2D eigenvalue weighted by atomic mass is 32.2. The minimum absolute atomic E-state index is 0.0390. The summed E-state index contributed by atoms with van der Waals surface area (Å²) in [6.07, 6.45) is -2.72. The Morgan fingerprint density at radius 2 is 1.86 bits per heavy atom. The average molecular weight is 328 g/mol. The largest absolute Gasteiger partial charge is 0.479 e. The van der Waals surface area contributed by atoms with Gasteiger partial charge in [0.05, 0.1) is 5.69 Å². The fourth-order valence-corrected chi connectivity index (χ4v) is 3.29. The molecule has 9 heteroatoms. The second-order valence-electron chi connectivity index (χ2n) is 5.68. The number of sulfonamides is 1. The monoisotopic (exact) mass is 328 g/mol. The van der Waals surface area contributed by atoms with Crippen LogP contribution < -0.4 is 9.62 Å². The first-order valence-electron chi connectivity index (χ1n) is 6.39. The third kappa shape index (κ3) is 3.04. The fraction of sp³-hybridized carbons (Fsp3) is 0.385. The van der Waals surface area contributed by atoms with Gasteiger partial charge in [0.2, 0.25) is 16.2 Å². The standard InChI is InChI=1S/C13H16N2O6S/c1-13(2,3)21-12(18)15-8-6-4-5-7-9(8)22(19,20)14-10(15)11(16)17/h4-7,10,14H,1-3H3,(H,16,17). The fourth-order valence-electron chi connectivity index (χ4n) is 1.96. The van der Waals surface area contributed by atoms with E-state index in [9.17, 15) is 23.1 Å². The number of ether oxygens (including phenoxy) is 1. The van der Waals surface area contributed by atoms with Crippen molar-refractivity contribution in [1.29, 1.82) is 0 Å². The van der Waals surface area contributed by atoms with E-state index in [0.29, 0.717) is 0 Å². The van der Waals surface area contributed by atoms with E-state index in [1.807, 2.05) is 4.72 Å². The Morgan fingerprint density at radius 3 is 2.41 bits per heavy atom. The number of anilines is 1. The lowest BCUT2D eigenvalue weighted by atomic mass is 10.2. The van der Waals surface area contributed by atoms with Crippen molar-refractivity contribution >= 4 is 27.8 Å². The first-order chi connectivity index (χ1) is 10.0. The highest BCUT2D eigenvalue weighted by molar-refractivity contribution is 7.89. The van der Waals surface area contributed by atoms with Crippen LogP contribution in [-0.2, 0) is 19.6 Å². The van der Waals surface area contributed by atoms with E-state index in [0.717, 1.165) is 4.90 Å². The molecule has 0 radical (unpaired) electrons. The van der Waals surface area contributed by atoms with Crippen molar-refractivity contribution in [3.8, 4) is 0 Å². The number of carbonyl (C=O) groups is 2. The minimum Gasteiger partial charge on any atom is -0.479 e. The van der Waals surface area contributed by atoms with Crippen LogP contribution in [0, 0.1) is 0 Å². The van der Waals surface area contributed by atoms with E-state index in [4.69, 9.17) is 4.74 Å². The molecular weight excluding hydrogens is 312 g/mol. The minimum atomic E-state index is -4.03. The highest BCUT2D eigenvalue weighted by Crippen LogP contribution is 2.32.